The molecule has 3 nitrogen and oxygen atoms in total. The molecule has 8 rings (SSSR count). The molecule has 0 saturated heterocycles. The van der Waals surface area contributed by atoms with Gasteiger partial charge in [0.15, 0.2) is 5.58 Å². The number of oxazole rings is 1. The summed E-state index contributed by atoms with van der Waals surface area (Å²) in [6, 6.07) is 62.1. The second kappa shape index (κ2) is 13.7. The molecule has 0 saturated carbocycles. The largest absolute Gasteiger partial charge is 0.436 e. The van der Waals surface area contributed by atoms with E-state index >= 15 is 0 Å². The Labute approximate surface area is 294 Å². The van der Waals surface area contributed by atoms with E-state index in [4.69, 9.17) is 9.40 Å². The molecule has 50 heavy (non-hydrogen) atoms. The molecule has 0 atom stereocenters. The Balaban J connectivity index is 1.12. The average molecular weight is 647 g/mol. The van der Waals surface area contributed by atoms with Crippen molar-refractivity contribution in [2.75, 3.05) is 4.90 Å². The van der Waals surface area contributed by atoms with Crippen molar-refractivity contribution in [3.05, 3.63) is 181 Å². The van der Waals surface area contributed by atoms with E-state index < -0.39 is 0 Å². The highest BCUT2D eigenvalue weighted by Crippen LogP contribution is 2.40. The fourth-order valence-corrected chi connectivity index (χ4v) is 6.85. The zero-order valence-electron chi connectivity index (χ0n) is 28.3. The van der Waals surface area contributed by atoms with Crippen LogP contribution in [0.15, 0.2) is 180 Å². The monoisotopic (exact) mass is 646 g/mol. The van der Waals surface area contributed by atoms with Gasteiger partial charge in [-0.15, -0.1) is 0 Å². The number of benzene rings is 7. The molecule has 8 aromatic rings. The average Bonchev–Trinajstić information content (AvgIpc) is 3.62. The number of rotatable bonds is 9. The lowest BCUT2D eigenvalue weighted by molar-refractivity contribution is 0.599. The topological polar surface area (TPSA) is 29.3 Å². The van der Waals surface area contributed by atoms with Crippen LogP contribution in [0.5, 0.6) is 0 Å². The summed E-state index contributed by atoms with van der Waals surface area (Å²) >= 11 is 0. The lowest BCUT2D eigenvalue weighted by atomic mass is 9.89. The van der Waals surface area contributed by atoms with Gasteiger partial charge in [0, 0.05) is 22.6 Å². The molecule has 0 aliphatic heterocycles. The Morgan fingerprint density at radius 3 is 1.46 bits per heavy atom. The van der Waals surface area contributed by atoms with Gasteiger partial charge in [-0.3, -0.25) is 0 Å². The predicted octanol–water partition coefficient (Wildman–Crippen LogP) is 13.2. The van der Waals surface area contributed by atoms with Gasteiger partial charge in [-0.05, 0) is 106 Å². The number of nitrogens with zero attached hydrogens (tertiary/aromatic N) is 2. The molecule has 3 heteroatoms. The van der Waals surface area contributed by atoms with E-state index in [-0.39, 0.29) is 0 Å². The van der Waals surface area contributed by atoms with Crippen LogP contribution in [0.25, 0.3) is 55.9 Å². The summed E-state index contributed by atoms with van der Waals surface area (Å²) in [6.07, 6.45) is 0.965. The van der Waals surface area contributed by atoms with Crippen LogP contribution >= 0.6 is 0 Å². The van der Waals surface area contributed by atoms with Crippen LogP contribution in [0.3, 0.4) is 0 Å². The number of fused-ring (bicyclic) bond motifs is 1. The zero-order chi connectivity index (χ0) is 33.9. The smallest absolute Gasteiger partial charge is 0.227 e. The van der Waals surface area contributed by atoms with E-state index in [1.165, 1.54) is 33.4 Å². The normalized spacial score (nSPS) is 11.3. The Hall–Kier alpha value is -6.19. The number of aromatic nitrogens is 1. The van der Waals surface area contributed by atoms with Gasteiger partial charge in [-0.1, -0.05) is 135 Å². The molecule has 1 aromatic heterocycles. The van der Waals surface area contributed by atoms with E-state index in [0.29, 0.717) is 11.8 Å². The highest BCUT2D eigenvalue weighted by molar-refractivity contribution is 5.92. The summed E-state index contributed by atoms with van der Waals surface area (Å²) in [5, 5.41) is 0. The van der Waals surface area contributed by atoms with Crippen LogP contribution in [0, 0.1) is 5.92 Å². The lowest BCUT2D eigenvalue weighted by Gasteiger charge is -2.25. The van der Waals surface area contributed by atoms with Crippen molar-refractivity contribution in [3.63, 3.8) is 0 Å². The molecule has 0 amide bonds. The van der Waals surface area contributed by atoms with Gasteiger partial charge < -0.3 is 9.32 Å². The summed E-state index contributed by atoms with van der Waals surface area (Å²) in [7, 11) is 0. The van der Waals surface area contributed by atoms with Crippen LogP contribution in [-0.4, -0.2) is 4.98 Å². The summed E-state index contributed by atoms with van der Waals surface area (Å²) in [4.78, 5) is 7.14. The van der Waals surface area contributed by atoms with Gasteiger partial charge in [0.25, 0.3) is 0 Å². The minimum absolute atomic E-state index is 0.544. The van der Waals surface area contributed by atoms with Gasteiger partial charge in [0.1, 0.15) is 5.52 Å². The minimum atomic E-state index is 0.544. The van der Waals surface area contributed by atoms with E-state index in [1.54, 1.807) is 0 Å². The number of para-hydroxylation sites is 3. The van der Waals surface area contributed by atoms with E-state index in [9.17, 15) is 0 Å². The van der Waals surface area contributed by atoms with Crippen molar-refractivity contribution >= 4 is 28.2 Å². The second-order valence-electron chi connectivity index (χ2n) is 13.1. The quantitative estimate of drug-likeness (QED) is 0.156. The third-order valence-corrected chi connectivity index (χ3v) is 9.18. The molecule has 0 aliphatic rings. The third-order valence-electron chi connectivity index (χ3n) is 9.18. The lowest BCUT2D eigenvalue weighted by Crippen LogP contribution is -2.09. The van der Waals surface area contributed by atoms with E-state index in [0.717, 1.165) is 45.7 Å². The fourth-order valence-electron chi connectivity index (χ4n) is 6.85. The first kappa shape index (κ1) is 31.1. The summed E-state index contributed by atoms with van der Waals surface area (Å²) in [5.74, 6) is 1.20. The third kappa shape index (κ3) is 6.22. The number of anilines is 3. The fraction of sp³-hybridized carbons (Fsp3) is 0.0851. The maximum Gasteiger partial charge on any atom is 0.227 e. The van der Waals surface area contributed by atoms with Gasteiger partial charge >= 0.3 is 0 Å². The SMILES string of the molecule is CC(C)Cc1cccc2nc(-c3ccc(-c4ccccc4-c4ccccc4-c4ccc(N(c5ccccc5)c5ccccc5)cc4)cc3)oc12. The molecule has 7 aromatic carbocycles. The van der Waals surface area contributed by atoms with Crippen molar-refractivity contribution in [2.24, 2.45) is 5.92 Å². The Bertz CT molecular complexity index is 2320. The number of hydrogen-bond donors (Lipinski definition) is 0. The van der Waals surface area contributed by atoms with Crippen molar-refractivity contribution in [1.82, 2.24) is 4.98 Å². The van der Waals surface area contributed by atoms with E-state index in [2.05, 4.69) is 189 Å². The highest BCUT2D eigenvalue weighted by Gasteiger charge is 2.16. The molecule has 0 aliphatic carbocycles. The molecule has 0 N–H and O–H groups in total. The standard InChI is InChI=1S/C47H38N2O/c1-33(2)32-37-14-13-23-45-46(37)50-47(48-45)36-26-24-34(25-27-36)41-19-9-11-21-43(41)44-22-12-10-20-42(44)35-28-30-40(31-29-35)49(38-15-5-3-6-16-38)39-17-7-4-8-18-39/h3-31,33H,32H2,1-2H3. The highest BCUT2D eigenvalue weighted by atomic mass is 16.3. The molecule has 0 unspecified atom stereocenters. The first-order chi connectivity index (χ1) is 24.6. The summed E-state index contributed by atoms with van der Waals surface area (Å²) in [5.41, 5.74) is 14.4. The molecular weight excluding hydrogens is 609 g/mol. The first-order valence-corrected chi connectivity index (χ1v) is 17.3. The zero-order valence-corrected chi connectivity index (χ0v) is 28.3. The van der Waals surface area contributed by atoms with E-state index in [1.807, 2.05) is 6.07 Å². The van der Waals surface area contributed by atoms with Gasteiger partial charge in [-0.2, -0.15) is 0 Å². The maximum atomic E-state index is 6.35. The van der Waals surface area contributed by atoms with Gasteiger partial charge in [0.05, 0.1) is 0 Å². The van der Waals surface area contributed by atoms with Crippen LogP contribution < -0.4 is 4.90 Å². The predicted molar refractivity (Wildman–Crippen MR) is 209 cm³/mol. The minimum Gasteiger partial charge on any atom is -0.436 e. The van der Waals surface area contributed by atoms with Crippen molar-refractivity contribution in [1.29, 1.82) is 0 Å². The van der Waals surface area contributed by atoms with Crippen molar-refractivity contribution < 1.29 is 4.42 Å². The van der Waals surface area contributed by atoms with Crippen LogP contribution in [-0.2, 0) is 6.42 Å². The maximum absolute atomic E-state index is 6.35. The number of hydrogen-bond acceptors (Lipinski definition) is 3. The summed E-state index contributed by atoms with van der Waals surface area (Å²) < 4.78 is 6.35. The van der Waals surface area contributed by atoms with Crippen LogP contribution in [0.4, 0.5) is 17.1 Å². The van der Waals surface area contributed by atoms with Crippen LogP contribution in [0.1, 0.15) is 19.4 Å². The Morgan fingerprint density at radius 2 is 0.920 bits per heavy atom. The first-order valence-electron chi connectivity index (χ1n) is 17.3. The molecule has 0 bridgehead atoms. The van der Waals surface area contributed by atoms with Crippen LogP contribution in [0.2, 0.25) is 0 Å². The molecular formula is C47H38N2O. The molecule has 0 radical (unpaired) electrons. The molecule has 242 valence electrons. The Kier molecular flexibility index (Phi) is 8.54. The molecule has 1 heterocycles. The van der Waals surface area contributed by atoms with Gasteiger partial charge in [0.2, 0.25) is 5.89 Å². The second-order valence-corrected chi connectivity index (χ2v) is 13.1. The Morgan fingerprint density at radius 1 is 0.460 bits per heavy atom. The molecule has 0 fully saturated rings. The van der Waals surface area contributed by atoms with Gasteiger partial charge in [-0.25, -0.2) is 4.98 Å². The molecule has 0 spiro atoms. The summed E-state index contributed by atoms with van der Waals surface area (Å²) in [6.45, 7) is 4.46. The van der Waals surface area contributed by atoms with Crippen molar-refractivity contribution in [2.45, 2.75) is 20.3 Å². The van der Waals surface area contributed by atoms with Crippen molar-refractivity contribution in [3.8, 4) is 44.8 Å².